The Morgan fingerprint density at radius 1 is 1.27 bits per heavy atom. The SMILES string of the molecule is CCNC1=CC(=O)C(=O)C=C1. The third-order valence-electron chi connectivity index (χ3n) is 1.32. The number of carbonyl (C=O) groups excluding carboxylic acids is 2. The van der Waals surface area contributed by atoms with Crippen molar-refractivity contribution in [3.63, 3.8) is 0 Å². The molecule has 0 saturated carbocycles. The number of rotatable bonds is 2. The molecule has 1 aliphatic rings. The standard InChI is InChI=1S/C8H9NO2/c1-2-9-6-3-4-7(10)8(11)5-6/h3-5,9H,2H2,1H3. The predicted octanol–water partition coefficient (Wildman–Crippen LogP) is 0.188. The Morgan fingerprint density at radius 3 is 2.55 bits per heavy atom. The fraction of sp³-hybridized carbons (Fsp3) is 0.250. The molecule has 11 heavy (non-hydrogen) atoms. The maximum atomic E-state index is 10.8. The molecular formula is C8H9NO2. The second-order valence-electron chi connectivity index (χ2n) is 2.19. The molecule has 0 fully saturated rings. The van der Waals surface area contributed by atoms with Crippen LogP contribution in [0.2, 0.25) is 0 Å². The zero-order valence-electron chi connectivity index (χ0n) is 6.26. The van der Waals surface area contributed by atoms with Crippen LogP contribution < -0.4 is 5.32 Å². The average Bonchev–Trinajstić information content (AvgIpc) is 1.98. The number of allylic oxidation sites excluding steroid dienone is 3. The van der Waals surface area contributed by atoms with Gasteiger partial charge in [0.25, 0.3) is 0 Å². The van der Waals surface area contributed by atoms with E-state index in [2.05, 4.69) is 5.32 Å². The number of hydrogen-bond donors (Lipinski definition) is 1. The predicted molar refractivity (Wildman–Crippen MR) is 40.9 cm³/mol. The minimum atomic E-state index is -0.455. The van der Waals surface area contributed by atoms with Crippen LogP contribution in [0.3, 0.4) is 0 Å². The van der Waals surface area contributed by atoms with E-state index in [0.29, 0.717) is 5.70 Å². The highest BCUT2D eigenvalue weighted by Crippen LogP contribution is 2.00. The maximum absolute atomic E-state index is 10.8. The fourth-order valence-electron chi connectivity index (χ4n) is 0.822. The number of ketones is 2. The molecule has 1 rings (SSSR count). The van der Waals surface area contributed by atoms with Gasteiger partial charge in [-0.2, -0.15) is 0 Å². The van der Waals surface area contributed by atoms with Crippen molar-refractivity contribution in [3.8, 4) is 0 Å². The molecule has 3 heteroatoms. The summed E-state index contributed by atoms with van der Waals surface area (Å²) < 4.78 is 0. The van der Waals surface area contributed by atoms with Gasteiger partial charge in [0.15, 0.2) is 0 Å². The highest BCUT2D eigenvalue weighted by atomic mass is 16.2. The molecule has 0 aromatic heterocycles. The maximum Gasteiger partial charge on any atom is 0.227 e. The molecule has 0 aromatic rings. The van der Waals surface area contributed by atoms with Crippen LogP contribution in [-0.4, -0.2) is 18.1 Å². The second kappa shape index (κ2) is 3.14. The average molecular weight is 151 g/mol. The Morgan fingerprint density at radius 2 is 2.00 bits per heavy atom. The molecule has 0 bridgehead atoms. The molecule has 0 unspecified atom stereocenters. The Hall–Kier alpha value is -1.38. The molecule has 0 radical (unpaired) electrons. The van der Waals surface area contributed by atoms with E-state index in [1.54, 1.807) is 6.08 Å². The van der Waals surface area contributed by atoms with Gasteiger partial charge >= 0.3 is 0 Å². The Labute approximate surface area is 64.8 Å². The minimum absolute atomic E-state index is 0.452. The summed E-state index contributed by atoms with van der Waals surface area (Å²) in [6.07, 6.45) is 4.19. The van der Waals surface area contributed by atoms with E-state index >= 15 is 0 Å². The topological polar surface area (TPSA) is 46.2 Å². The van der Waals surface area contributed by atoms with Gasteiger partial charge in [-0.3, -0.25) is 9.59 Å². The van der Waals surface area contributed by atoms with Crippen molar-refractivity contribution >= 4 is 11.6 Å². The van der Waals surface area contributed by atoms with Crippen LogP contribution in [0.1, 0.15) is 6.92 Å². The Kier molecular flexibility index (Phi) is 2.21. The quantitative estimate of drug-likeness (QED) is 0.452. The summed E-state index contributed by atoms with van der Waals surface area (Å²) in [5.41, 5.74) is 0.706. The van der Waals surface area contributed by atoms with Gasteiger partial charge in [0.05, 0.1) is 0 Å². The van der Waals surface area contributed by atoms with E-state index in [1.165, 1.54) is 12.2 Å². The number of nitrogens with one attached hydrogen (secondary N) is 1. The summed E-state index contributed by atoms with van der Waals surface area (Å²) in [7, 11) is 0. The van der Waals surface area contributed by atoms with Gasteiger partial charge in [0, 0.05) is 18.3 Å². The lowest BCUT2D eigenvalue weighted by Gasteiger charge is -2.05. The monoisotopic (exact) mass is 151 g/mol. The van der Waals surface area contributed by atoms with Crippen molar-refractivity contribution in [2.24, 2.45) is 0 Å². The first-order chi connectivity index (χ1) is 5.24. The minimum Gasteiger partial charge on any atom is -0.385 e. The molecule has 0 atom stereocenters. The Balaban J connectivity index is 2.72. The van der Waals surface area contributed by atoms with Crippen molar-refractivity contribution in [2.75, 3.05) is 6.54 Å². The second-order valence-corrected chi connectivity index (χ2v) is 2.19. The van der Waals surface area contributed by atoms with E-state index in [-0.39, 0.29) is 0 Å². The van der Waals surface area contributed by atoms with Gasteiger partial charge in [-0.1, -0.05) is 0 Å². The first-order valence-electron chi connectivity index (χ1n) is 3.46. The van der Waals surface area contributed by atoms with E-state index in [4.69, 9.17) is 0 Å². The molecule has 1 aliphatic carbocycles. The normalized spacial score (nSPS) is 16.6. The van der Waals surface area contributed by atoms with Crippen LogP contribution in [0.25, 0.3) is 0 Å². The summed E-state index contributed by atoms with van der Waals surface area (Å²) in [4.78, 5) is 21.4. The zero-order chi connectivity index (χ0) is 8.27. The van der Waals surface area contributed by atoms with Crippen LogP contribution in [-0.2, 0) is 9.59 Å². The van der Waals surface area contributed by atoms with Crippen molar-refractivity contribution in [1.82, 2.24) is 5.32 Å². The molecule has 58 valence electrons. The zero-order valence-corrected chi connectivity index (χ0v) is 6.26. The van der Waals surface area contributed by atoms with Gasteiger partial charge in [-0.05, 0) is 19.1 Å². The molecule has 0 amide bonds. The highest BCUT2D eigenvalue weighted by Gasteiger charge is 2.11. The molecule has 0 saturated heterocycles. The number of carbonyl (C=O) groups is 2. The van der Waals surface area contributed by atoms with Gasteiger partial charge in [-0.25, -0.2) is 0 Å². The van der Waals surface area contributed by atoms with E-state index in [9.17, 15) is 9.59 Å². The summed E-state index contributed by atoms with van der Waals surface area (Å²) >= 11 is 0. The molecular weight excluding hydrogens is 142 g/mol. The Bertz CT molecular complexity index is 251. The largest absolute Gasteiger partial charge is 0.385 e. The van der Waals surface area contributed by atoms with E-state index in [0.717, 1.165) is 6.54 Å². The summed E-state index contributed by atoms with van der Waals surface area (Å²) in [5.74, 6) is -0.907. The first kappa shape index (κ1) is 7.72. The summed E-state index contributed by atoms with van der Waals surface area (Å²) in [6, 6.07) is 0. The molecule has 0 aliphatic heterocycles. The molecule has 0 heterocycles. The van der Waals surface area contributed by atoms with Crippen molar-refractivity contribution in [1.29, 1.82) is 0 Å². The molecule has 0 aromatic carbocycles. The molecule has 1 N–H and O–H groups in total. The van der Waals surface area contributed by atoms with Crippen molar-refractivity contribution in [2.45, 2.75) is 6.92 Å². The van der Waals surface area contributed by atoms with Crippen LogP contribution in [0.4, 0.5) is 0 Å². The van der Waals surface area contributed by atoms with Crippen LogP contribution in [0.15, 0.2) is 23.9 Å². The van der Waals surface area contributed by atoms with E-state index < -0.39 is 11.6 Å². The molecule has 3 nitrogen and oxygen atoms in total. The third kappa shape index (κ3) is 1.77. The molecule has 0 spiro atoms. The third-order valence-corrected chi connectivity index (χ3v) is 1.32. The van der Waals surface area contributed by atoms with Crippen LogP contribution in [0.5, 0.6) is 0 Å². The summed E-state index contributed by atoms with van der Waals surface area (Å²) in [6.45, 7) is 2.67. The fourth-order valence-corrected chi connectivity index (χ4v) is 0.822. The summed E-state index contributed by atoms with van der Waals surface area (Å²) in [5, 5.41) is 2.94. The number of hydrogen-bond acceptors (Lipinski definition) is 3. The van der Waals surface area contributed by atoms with Gasteiger partial charge < -0.3 is 5.32 Å². The van der Waals surface area contributed by atoms with Crippen LogP contribution >= 0.6 is 0 Å². The number of likely N-dealkylation sites (N-methyl/N-ethyl adjacent to an activating group) is 1. The van der Waals surface area contributed by atoms with Crippen LogP contribution in [0, 0.1) is 0 Å². The van der Waals surface area contributed by atoms with Gasteiger partial charge in [0.2, 0.25) is 11.6 Å². The van der Waals surface area contributed by atoms with E-state index in [1.807, 2.05) is 6.92 Å². The highest BCUT2D eigenvalue weighted by molar-refractivity contribution is 6.46. The lowest BCUT2D eigenvalue weighted by atomic mass is 10.1. The van der Waals surface area contributed by atoms with Crippen molar-refractivity contribution in [3.05, 3.63) is 23.9 Å². The lowest BCUT2D eigenvalue weighted by Crippen LogP contribution is -2.19. The van der Waals surface area contributed by atoms with Gasteiger partial charge in [-0.15, -0.1) is 0 Å². The lowest BCUT2D eigenvalue weighted by molar-refractivity contribution is -0.131. The van der Waals surface area contributed by atoms with Gasteiger partial charge in [0.1, 0.15) is 0 Å². The first-order valence-corrected chi connectivity index (χ1v) is 3.46. The smallest absolute Gasteiger partial charge is 0.227 e. The van der Waals surface area contributed by atoms with Crippen molar-refractivity contribution < 1.29 is 9.59 Å².